The minimum Gasteiger partial charge on any atom is -0.492 e. The molecule has 0 amide bonds. The number of ether oxygens (including phenoxy) is 1. The van der Waals surface area contributed by atoms with Crippen LogP contribution in [-0.2, 0) is 13.0 Å². The molecule has 0 spiro atoms. The normalized spacial score (nSPS) is 11.1. The second-order valence-electron chi connectivity index (χ2n) is 6.74. The van der Waals surface area contributed by atoms with Gasteiger partial charge in [0.2, 0.25) is 0 Å². The average Bonchev–Trinajstić information content (AvgIpc) is 2.68. The number of benzene rings is 2. The van der Waals surface area contributed by atoms with Crippen molar-refractivity contribution < 1.29 is 4.74 Å². The van der Waals surface area contributed by atoms with Crippen molar-refractivity contribution in [3.8, 4) is 5.75 Å². The minimum absolute atomic E-state index is 0. The molecule has 28 heavy (non-hydrogen) atoms. The minimum atomic E-state index is 0. The van der Waals surface area contributed by atoms with E-state index in [0.29, 0.717) is 13.2 Å². The van der Waals surface area contributed by atoms with Gasteiger partial charge in [0.15, 0.2) is 5.96 Å². The standard InChI is InChI=1S/C22H32N4O.HI/c1-23-22(24-14-8-12-19-9-5-4-6-10-19)25-18-20-11-7-13-21(17-20)27-16-15-26(2)3;/h4-7,9-11,13,17H,8,12,14-16,18H2,1-3H3,(H2,23,24,25);1H. The number of likely N-dealkylation sites (N-methyl/N-ethyl adjacent to an activating group) is 1. The first-order valence-corrected chi connectivity index (χ1v) is 9.52. The number of aryl methyl sites for hydroxylation is 1. The quantitative estimate of drug-likeness (QED) is 0.229. The van der Waals surface area contributed by atoms with Gasteiger partial charge < -0.3 is 20.3 Å². The first-order valence-electron chi connectivity index (χ1n) is 9.52. The average molecular weight is 496 g/mol. The lowest BCUT2D eigenvalue weighted by atomic mass is 10.1. The Kier molecular flexibility index (Phi) is 12.3. The molecule has 0 aliphatic rings. The van der Waals surface area contributed by atoms with E-state index in [1.54, 1.807) is 7.05 Å². The molecule has 0 aliphatic heterocycles. The van der Waals surface area contributed by atoms with E-state index in [1.807, 2.05) is 26.2 Å². The molecule has 0 bridgehead atoms. The molecule has 2 rings (SSSR count). The maximum atomic E-state index is 5.80. The predicted molar refractivity (Wildman–Crippen MR) is 129 cm³/mol. The molecule has 0 saturated carbocycles. The Morgan fingerprint density at radius 1 is 1.00 bits per heavy atom. The molecule has 154 valence electrons. The van der Waals surface area contributed by atoms with Crippen molar-refractivity contribution in [2.24, 2.45) is 4.99 Å². The zero-order valence-electron chi connectivity index (χ0n) is 17.1. The van der Waals surface area contributed by atoms with Crippen LogP contribution in [0, 0.1) is 0 Å². The van der Waals surface area contributed by atoms with Gasteiger partial charge in [0.25, 0.3) is 0 Å². The Hall–Kier alpha value is -1.80. The molecule has 0 saturated heterocycles. The summed E-state index contributed by atoms with van der Waals surface area (Å²) >= 11 is 0. The SMILES string of the molecule is CN=C(NCCCc1ccccc1)NCc1cccc(OCCN(C)C)c1.I. The van der Waals surface area contributed by atoms with E-state index >= 15 is 0 Å². The van der Waals surface area contributed by atoms with Crippen LogP contribution in [0.2, 0.25) is 0 Å². The molecule has 6 heteroatoms. The molecule has 0 aliphatic carbocycles. The van der Waals surface area contributed by atoms with Crippen LogP contribution in [0.3, 0.4) is 0 Å². The van der Waals surface area contributed by atoms with Crippen LogP contribution >= 0.6 is 24.0 Å². The van der Waals surface area contributed by atoms with Crippen molar-refractivity contribution in [1.29, 1.82) is 0 Å². The highest BCUT2D eigenvalue weighted by Gasteiger charge is 2.01. The predicted octanol–water partition coefficient (Wildman–Crippen LogP) is 3.54. The van der Waals surface area contributed by atoms with Crippen LogP contribution in [0.15, 0.2) is 59.6 Å². The second kappa shape index (κ2) is 14.2. The molecule has 0 unspecified atom stereocenters. The molecule has 0 radical (unpaired) electrons. The van der Waals surface area contributed by atoms with E-state index in [9.17, 15) is 0 Å². The fourth-order valence-electron chi connectivity index (χ4n) is 2.64. The summed E-state index contributed by atoms with van der Waals surface area (Å²) in [5, 5.41) is 6.73. The van der Waals surface area contributed by atoms with Crippen LogP contribution in [0.4, 0.5) is 0 Å². The molecular weight excluding hydrogens is 463 g/mol. The molecule has 2 aromatic carbocycles. The van der Waals surface area contributed by atoms with Crippen LogP contribution < -0.4 is 15.4 Å². The molecule has 5 nitrogen and oxygen atoms in total. The number of hydrogen-bond acceptors (Lipinski definition) is 3. The lowest BCUT2D eigenvalue weighted by molar-refractivity contribution is 0.261. The Labute approximate surface area is 186 Å². The van der Waals surface area contributed by atoms with Gasteiger partial charge in [-0.2, -0.15) is 0 Å². The van der Waals surface area contributed by atoms with Gasteiger partial charge >= 0.3 is 0 Å². The maximum absolute atomic E-state index is 5.80. The Bertz CT molecular complexity index is 692. The van der Waals surface area contributed by atoms with E-state index in [0.717, 1.165) is 37.6 Å². The Morgan fingerprint density at radius 3 is 2.46 bits per heavy atom. The van der Waals surface area contributed by atoms with Gasteiger partial charge in [0.05, 0.1) is 0 Å². The van der Waals surface area contributed by atoms with Gasteiger partial charge in [-0.1, -0.05) is 42.5 Å². The van der Waals surface area contributed by atoms with Gasteiger partial charge in [-0.05, 0) is 50.2 Å². The van der Waals surface area contributed by atoms with Crippen LogP contribution in [0.5, 0.6) is 5.75 Å². The summed E-state index contributed by atoms with van der Waals surface area (Å²) in [6, 6.07) is 18.7. The smallest absolute Gasteiger partial charge is 0.191 e. The summed E-state index contributed by atoms with van der Waals surface area (Å²) in [7, 11) is 5.89. The number of halogens is 1. The van der Waals surface area contributed by atoms with E-state index in [2.05, 4.69) is 63.0 Å². The summed E-state index contributed by atoms with van der Waals surface area (Å²) in [6.45, 7) is 3.20. The summed E-state index contributed by atoms with van der Waals surface area (Å²) in [5.41, 5.74) is 2.54. The highest BCUT2D eigenvalue weighted by molar-refractivity contribution is 14.0. The van der Waals surface area contributed by atoms with Crippen molar-refractivity contribution in [2.75, 3.05) is 40.8 Å². The van der Waals surface area contributed by atoms with Crippen molar-refractivity contribution in [2.45, 2.75) is 19.4 Å². The van der Waals surface area contributed by atoms with Gasteiger partial charge in [0.1, 0.15) is 12.4 Å². The zero-order valence-corrected chi connectivity index (χ0v) is 19.5. The van der Waals surface area contributed by atoms with Gasteiger partial charge in [-0.25, -0.2) is 0 Å². The molecule has 0 aromatic heterocycles. The topological polar surface area (TPSA) is 48.9 Å². The third-order valence-corrected chi connectivity index (χ3v) is 4.17. The lowest BCUT2D eigenvalue weighted by Crippen LogP contribution is -2.37. The highest BCUT2D eigenvalue weighted by atomic mass is 127. The van der Waals surface area contributed by atoms with Crippen molar-refractivity contribution in [1.82, 2.24) is 15.5 Å². The van der Waals surface area contributed by atoms with Gasteiger partial charge in [0, 0.05) is 26.7 Å². The number of nitrogens with one attached hydrogen (secondary N) is 2. The second-order valence-corrected chi connectivity index (χ2v) is 6.74. The first kappa shape index (κ1) is 24.2. The first-order chi connectivity index (χ1) is 13.2. The highest BCUT2D eigenvalue weighted by Crippen LogP contribution is 2.13. The van der Waals surface area contributed by atoms with E-state index < -0.39 is 0 Å². The molecular formula is C22H33IN4O. The summed E-state index contributed by atoms with van der Waals surface area (Å²) in [4.78, 5) is 6.41. The van der Waals surface area contributed by atoms with Gasteiger partial charge in [-0.3, -0.25) is 4.99 Å². The molecule has 0 heterocycles. The van der Waals surface area contributed by atoms with Crippen LogP contribution in [0.1, 0.15) is 17.5 Å². The molecule has 0 fully saturated rings. The largest absolute Gasteiger partial charge is 0.492 e. The van der Waals surface area contributed by atoms with Crippen LogP contribution in [0.25, 0.3) is 0 Å². The fraction of sp³-hybridized carbons (Fsp3) is 0.409. The fourth-order valence-corrected chi connectivity index (χ4v) is 2.64. The molecule has 2 aromatic rings. The Balaban J connectivity index is 0.00000392. The number of rotatable bonds is 10. The lowest BCUT2D eigenvalue weighted by Gasteiger charge is -2.14. The molecule has 2 N–H and O–H groups in total. The van der Waals surface area contributed by atoms with E-state index in [-0.39, 0.29) is 24.0 Å². The van der Waals surface area contributed by atoms with E-state index in [4.69, 9.17) is 4.74 Å². The summed E-state index contributed by atoms with van der Waals surface area (Å²) < 4.78 is 5.80. The maximum Gasteiger partial charge on any atom is 0.191 e. The van der Waals surface area contributed by atoms with Crippen molar-refractivity contribution in [3.63, 3.8) is 0 Å². The third kappa shape index (κ3) is 9.94. The number of nitrogens with zero attached hydrogens (tertiary/aromatic N) is 2. The van der Waals surface area contributed by atoms with E-state index in [1.165, 1.54) is 11.1 Å². The number of guanidine groups is 1. The zero-order chi connectivity index (χ0) is 19.3. The molecule has 0 atom stereocenters. The van der Waals surface area contributed by atoms with Gasteiger partial charge in [-0.15, -0.1) is 24.0 Å². The number of aliphatic imine (C=N–C) groups is 1. The van der Waals surface area contributed by atoms with Crippen molar-refractivity contribution in [3.05, 3.63) is 65.7 Å². The summed E-state index contributed by atoms with van der Waals surface area (Å²) in [6.07, 6.45) is 2.14. The van der Waals surface area contributed by atoms with Crippen LogP contribution in [-0.4, -0.2) is 51.7 Å². The third-order valence-electron chi connectivity index (χ3n) is 4.17. The monoisotopic (exact) mass is 496 g/mol. The Morgan fingerprint density at radius 2 is 1.75 bits per heavy atom. The summed E-state index contributed by atoms with van der Waals surface area (Å²) in [5.74, 6) is 1.73. The number of hydrogen-bond donors (Lipinski definition) is 2. The van der Waals surface area contributed by atoms with Crippen molar-refractivity contribution >= 4 is 29.9 Å².